The molecule has 0 aliphatic rings. The predicted octanol–water partition coefficient (Wildman–Crippen LogP) is 0.824. The summed E-state index contributed by atoms with van der Waals surface area (Å²) in [6.45, 7) is 1.79. The van der Waals surface area contributed by atoms with Crippen LogP contribution >= 0.6 is 0 Å². The maximum Gasteiger partial charge on any atom is 0.128 e. The summed E-state index contributed by atoms with van der Waals surface area (Å²) in [4.78, 5) is 16.3. The molecule has 0 aliphatic heterocycles. The van der Waals surface area contributed by atoms with E-state index in [1.807, 2.05) is 0 Å². The van der Waals surface area contributed by atoms with Gasteiger partial charge in [-0.1, -0.05) is 0 Å². The number of anilines is 1. The van der Waals surface area contributed by atoms with Gasteiger partial charge in [0.1, 0.15) is 17.3 Å². The van der Waals surface area contributed by atoms with Crippen molar-refractivity contribution in [2.45, 2.75) is 6.92 Å². The van der Waals surface area contributed by atoms with E-state index in [0.29, 0.717) is 23.0 Å². The van der Waals surface area contributed by atoms with Gasteiger partial charge in [-0.2, -0.15) is 0 Å². The lowest BCUT2D eigenvalue weighted by Gasteiger charge is -2.01. The molecule has 0 aromatic carbocycles. The maximum absolute atomic E-state index is 5.60. The van der Waals surface area contributed by atoms with E-state index >= 15 is 0 Å². The van der Waals surface area contributed by atoms with Crippen molar-refractivity contribution in [3.05, 3.63) is 30.5 Å². The van der Waals surface area contributed by atoms with Crippen molar-refractivity contribution in [2.75, 3.05) is 5.73 Å². The monoisotopic (exact) mass is 187 g/mol. The fourth-order valence-corrected chi connectivity index (χ4v) is 1.15. The maximum atomic E-state index is 5.60. The molecule has 0 unspecified atom stereocenters. The summed E-state index contributed by atoms with van der Waals surface area (Å²) in [7, 11) is 0. The molecule has 0 bridgehead atoms. The van der Waals surface area contributed by atoms with Crippen LogP contribution in [0.25, 0.3) is 11.4 Å². The van der Waals surface area contributed by atoms with Crippen LogP contribution in [0.5, 0.6) is 0 Å². The van der Waals surface area contributed by atoms with Crippen LogP contribution in [0.2, 0.25) is 0 Å². The zero-order chi connectivity index (χ0) is 9.97. The highest BCUT2D eigenvalue weighted by atomic mass is 14.9. The Hall–Kier alpha value is -2.04. The number of nitrogens with zero attached hydrogens (tertiary/aromatic N) is 4. The van der Waals surface area contributed by atoms with Crippen LogP contribution in [0.3, 0.4) is 0 Å². The second-order valence-corrected chi connectivity index (χ2v) is 2.82. The minimum atomic E-state index is 0.443. The van der Waals surface area contributed by atoms with E-state index in [1.165, 1.54) is 0 Å². The summed E-state index contributed by atoms with van der Waals surface area (Å²) < 4.78 is 0. The highest BCUT2D eigenvalue weighted by Gasteiger charge is 2.02. The highest BCUT2D eigenvalue weighted by molar-refractivity contribution is 5.56. The van der Waals surface area contributed by atoms with Crippen LogP contribution in [0.4, 0.5) is 5.82 Å². The van der Waals surface area contributed by atoms with Gasteiger partial charge in [-0.05, 0) is 6.92 Å². The van der Waals surface area contributed by atoms with Gasteiger partial charge < -0.3 is 5.73 Å². The fourth-order valence-electron chi connectivity index (χ4n) is 1.15. The minimum Gasteiger partial charge on any atom is -0.384 e. The molecule has 5 nitrogen and oxygen atoms in total. The van der Waals surface area contributed by atoms with Gasteiger partial charge in [0.25, 0.3) is 0 Å². The van der Waals surface area contributed by atoms with E-state index in [1.54, 1.807) is 31.6 Å². The third-order valence-corrected chi connectivity index (χ3v) is 1.68. The summed E-state index contributed by atoms with van der Waals surface area (Å²) in [6, 6.07) is 1.68. The molecule has 0 saturated carbocycles. The summed E-state index contributed by atoms with van der Waals surface area (Å²) >= 11 is 0. The molecule has 0 fully saturated rings. The Morgan fingerprint density at radius 3 is 2.64 bits per heavy atom. The number of aryl methyl sites for hydroxylation is 1. The molecule has 0 spiro atoms. The molecule has 0 radical (unpaired) electrons. The normalized spacial score (nSPS) is 10.1. The minimum absolute atomic E-state index is 0.443. The van der Waals surface area contributed by atoms with Crippen molar-refractivity contribution in [3.8, 4) is 11.4 Å². The van der Waals surface area contributed by atoms with Gasteiger partial charge in [0.2, 0.25) is 0 Å². The zero-order valence-corrected chi connectivity index (χ0v) is 7.68. The molecule has 2 N–H and O–H groups in total. The van der Waals surface area contributed by atoms with Crippen molar-refractivity contribution >= 4 is 5.82 Å². The van der Waals surface area contributed by atoms with Crippen LogP contribution in [-0.2, 0) is 0 Å². The van der Waals surface area contributed by atoms with Crippen LogP contribution in [0, 0.1) is 6.92 Å². The molecule has 2 rings (SSSR count). The molecular weight excluding hydrogens is 178 g/mol. The quantitative estimate of drug-likeness (QED) is 0.715. The lowest BCUT2D eigenvalue weighted by molar-refractivity contribution is 1.05. The molecule has 0 saturated heterocycles. The van der Waals surface area contributed by atoms with Crippen LogP contribution in [0.15, 0.2) is 24.7 Å². The molecule has 70 valence electrons. The van der Waals surface area contributed by atoms with Crippen molar-refractivity contribution in [1.82, 2.24) is 19.9 Å². The number of rotatable bonds is 1. The second-order valence-electron chi connectivity index (χ2n) is 2.82. The molecular formula is C9H9N5. The Morgan fingerprint density at radius 1 is 1.14 bits per heavy atom. The summed E-state index contributed by atoms with van der Waals surface area (Å²) in [6.07, 6.45) is 4.87. The lowest BCUT2D eigenvalue weighted by atomic mass is 10.3. The van der Waals surface area contributed by atoms with Crippen molar-refractivity contribution in [3.63, 3.8) is 0 Å². The van der Waals surface area contributed by atoms with Crippen LogP contribution in [-0.4, -0.2) is 19.9 Å². The van der Waals surface area contributed by atoms with Gasteiger partial charge in [-0.25, -0.2) is 9.97 Å². The van der Waals surface area contributed by atoms with Gasteiger partial charge >= 0.3 is 0 Å². The molecule has 0 aliphatic carbocycles. The smallest absolute Gasteiger partial charge is 0.128 e. The summed E-state index contributed by atoms with van der Waals surface area (Å²) in [5, 5.41) is 0. The number of nitrogen functional groups attached to an aromatic ring is 1. The lowest BCUT2D eigenvalue weighted by Crippen LogP contribution is -1.98. The Balaban J connectivity index is 2.52. The third-order valence-electron chi connectivity index (χ3n) is 1.68. The first-order valence-corrected chi connectivity index (χ1v) is 4.13. The Morgan fingerprint density at radius 2 is 2.00 bits per heavy atom. The van der Waals surface area contributed by atoms with Gasteiger partial charge in [0.15, 0.2) is 0 Å². The molecule has 2 aromatic rings. The Labute approximate surface area is 81.1 Å². The largest absolute Gasteiger partial charge is 0.384 e. The third kappa shape index (κ3) is 1.66. The van der Waals surface area contributed by atoms with E-state index in [0.717, 1.165) is 0 Å². The molecule has 2 aromatic heterocycles. The first-order valence-electron chi connectivity index (χ1n) is 4.13. The van der Waals surface area contributed by atoms with E-state index in [4.69, 9.17) is 5.73 Å². The van der Waals surface area contributed by atoms with Crippen molar-refractivity contribution in [2.24, 2.45) is 0 Å². The van der Waals surface area contributed by atoms with E-state index < -0.39 is 0 Å². The fraction of sp³-hybridized carbons (Fsp3) is 0.111. The van der Waals surface area contributed by atoms with E-state index in [2.05, 4.69) is 19.9 Å². The first kappa shape index (κ1) is 8.55. The number of nitrogens with two attached hydrogens (primary N) is 1. The Bertz CT molecular complexity index is 420. The average Bonchev–Trinajstić information content (AvgIpc) is 2.18. The highest BCUT2D eigenvalue weighted by Crippen LogP contribution is 2.14. The van der Waals surface area contributed by atoms with Gasteiger partial charge in [0.05, 0.1) is 11.9 Å². The SMILES string of the molecule is Cc1nc(N)cc(-c2cnccn2)n1. The predicted molar refractivity (Wildman–Crippen MR) is 52.2 cm³/mol. The second kappa shape index (κ2) is 3.37. The van der Waals surface area contributed by atoms with Crippen LogP contribution < -0.4 is 5.73 Å². The topological polar surface area (TPSA) is 77.6 Å². The molecule has 5 heteroatoms. The Kier molecular flexibility index (Phi) is 2.06. The van der Waals surface area contributed by atoms with E-state index in [9.17, 15) is 0 Å². The first-order chi connectivity index (χ1) is 6.75. The molecule has 14 heavy (non-hydrogen) atoms. The summed E-state index contributed by atoms with van der Waals surface area (Å²) in [5.74, 6) is 1.07. The van der Waals surface area contributed by atoms with Gasteiger partial charge in [-0.15, -0.1) is 0 Å². The van der Waals surface area contributed by atoms with Gasteiger partial charge in [0, 0.05) is 18.5 Å². The molecule has 0 atom stereocenters. The average molecular weight is 187 g/mol. The number of hydrogen-bond donors (Lipinski definition) is 1. The van der Waals surface area contributed by atoms with E-state index in [-0.39, 0.29) is 0 Å². The molecule has 2 heterocycles. The number of hydrogen-bond acceptors (Lipinski definition) is 5. The summed E-state index contributed by atoms with van der Waals surface area (Å²) in [5.41, 5.74) is 6.99. The van der Waals surface area contributed by atoms with Crippen molar-refractivity contribution < 1.29 is 0 Å². The number of aromatic nitrogens is 4. The molecule has 0 amide bonds. The van der Waals surface area contributed by atoms with Crippen molar-refractivity contribution in [1.29, 1.82) is 0 Å². The van der Waals surface area contributed by atoms with Crippen LogP contribution in [0.1, 0.15) is 5.82 Å². The standard InChI is InChI=1S/C9H9N5/c1-6-13-7(4-9(10)14-6)8-5-11-2-3-12-8/h2-5H,1H3,(H2,10,13,14). The van der Waals surface area contributed by atoms with Gasteiger partial charge in [-0.3, -0.25) is 9.97 Å². The zero-order valence-electron chi connectivity index (χ0n) is 7.68.